The van der Waals surface area contributed by atoms with E-state index in [9.17, 15) is 0 Å². The second-order valence-electron chi connectivity index (χ2n) is 6.64. The van der Waals surface area contributed by atoms with Gasteiger partial charge < -0.3 is 5.32 Å². The third kappa shape index (κ3) is 4.34. The summed E-state index contributed by atoms with van der Waals surface area (Å²) in [5, 5.41) is 3.72. The van der Waals surface area contributed by atoms with Crippen LogP contribution in [0.25, 0.3) is 0 Å². The van der Waals surface area contributed by atoms with E-state index in [-0.39, 0.29) is 0 Å². The molecule has 1 fully saturated rings. The van der Waals surface area contributed by atoms with E-state index in [0.717, 1.165) is 18.5 Å². The summed E-state index contributed by atoms with van der Waals surface area (Å²) in [6, 6.07) is 9.99. The van der Waals surface area contributed by atoms with Crippen LogP contribution in [0.15, 0.2) is 24.3 Å². The van der Waals surface area contributed by atoms with Crippen LogP contribution in [0.1, 0.15) is 69.9 Å². The summed E-state index contributed by atoms with van der Waals surface area (Å²) >= 11 is 0. The molecule has 2 rings (SSSR count). The average Bonchev–Trinajstić information content (AvgIpc) is 2.98. The summed E-state index contributed by atoms with van der Waals surface area (Å²) in [5.74, 6) is 1.56. The zero-order valence-corrected chi connectivity index (χ0v) is 13.5. The molecule has 1 unspecified atom stereocenters. The minimum atomic E-state index is 0.636. The van der Waals surface area contributed by atoms with E-state index in [2.05, 4.69) is 50.4 Å². The van der Waals surface area contributed by atoms with Crippen LogP contribution in [-0.2, 0) is 6.42 Å². The third-order valence-electron chi connectivity index (χ3n) is 4.83. The van der Waals surface area contributed by atoms with Gasteiger partial charge >= 0.3 is 0 Å². The van der Waals surface area contributed by atoms with Crippen molar-refractivity contribution in [3.8, 4) is 0 Å². The first-order valence-electron chi connectivity index (χ1n) is 8.53. The normalized spacial score (nSPS) is 17.8. The highest BCUT2D eigenvalue weighted by Crippen LogP contribution is 2.29. The summed E-state index contributed by atoms with van der Waals surface area (Å²) in [5.41, 5.74) is 2.95. The van der Waals surface area contributed by atoms with Crippen molar-refractivity contribution in [3.05, 3.63) is 35.4 Å². The molecule has 20 heavy (non-hydrogen) atoms. The number of rotatable bonds is 7. The highest BCUT2D eigenvalue weighted by atomic mass is 14.9. The van der Waals surface area contributed by atoms with Crippen molar-refractivity contribution in [1.82, 2.24) is 5.32 Å². The van der Waals surface area contributed by atoms with E-state index in [0.29, 0.717) is 5.92 Å². The van der Waals surface area contributed by atoms with Crippen LogP contribution in [0, 0.1) is 5.92 Å². The molecule has 0 bridgehead atoms. The van der Waals surface area contributed by atoms with Crippen molar-refractivity contribution >= 4 is 0 Å². The lowest BCUT2D eigenvalue weighted by molar-refractivity contribution is 0.346. The number of hydrogen-bond acceptors (Lipinski definition) is 1. The maximum atomic E-state index is 3.72. The van der Waals surface area contributed by atoms with Gasteiger partial charge in [-0.15, -0.1) is 0 Å². The van der Waals surface area contributed by atoms with E-state index in [1.807, 2.05) is 0 Å². The molecule has 1 N–H and O–H groups in total. The molecule has 0 aliphatic heterocycles. The number of hydrogen-bond donors (Lipinski definition) is 1. The van der Waals surface area contributed by atoms with E-state index >= 15 is 0 Å². The van der Waals surface area contributed by atoms with Crippen LogP contribution in [0.5, 0.6) is 0 Å². The van der Waals surface area contributed by atoms with Crippen LogP contribution in [0.4, 0.5) is 0 Å². The number of aryl methyl sites for hydroxylation is 1. The molecule has 1 saturated carbocycles. The Labute approximate surface area is 125 Å². The molecular formula is C19H31N. The Hall–Kier alpha value is -0.820. The topological polar surface area (TPSA) is 12.0 Å². The highest BCUT2D eigenvalue weighted by molar-refractivity contribution is 5.24. The largest absolute Gasteiger partial charge is 0.314 e. The first kappa shape index (κ1) is 15.6. The van der Waals surface area contributed by atoms with E-state index < -0.39 is 0 Å². The SMILES string of the molecule is CCNC(CCc1ccc(C(C)C)cc1)C1CCCC1. The van der Waals surface area contributed by atoms with Gasteiger partial charge in [0.15, 0.2) is 0 Å². The molecule has 1 atom stereocenters. The fourth-order valence-electron chi connectivity index (χ4n) is 3.52. The summed E-state index contributed by atoms with van der Waals surface area (Å²) in [6.07, 6.45) is 8.26. The van der Waals surface area contributed by atoms with Gasteiger partial charge in [-0.1, -0.05) is 57.9 Å². The van der Waals surface area contributed by atoms with Gasteiger partial charge in [0.1, 0.15) is 0 Å². The standard InChI is InChI=1S/C19H31N/c1-4-20-19(18-7-5-6-8-18)14-11-16-9-12-17(13-10-16)15(2)3/h9-10,12-13,15,18-20H,4-8,11,14H2,1-3H3. The lowest BCUT2D eigenvalue weighted by Crippen LogP contribution is -2.35. The van der Waals surface area contributed by atoms with Gasteiger partial charge in [-0.05, 0) is 55.2 Å². The Bertz CT molecular complexity index is 373. The zero-order chi connectivity index (χ0) is 14.4. The van der Waals surface area contributed by atoms with Crippen molar-refractivity contribution in [2.24, 2.45) is 5.92 Å². The van der Waals surface area contributed by atoms with Crippen LogP contribution in [0.2, 0.25) is 0 Å². The lowest BCUT2D eigenvalue weighted by atomic mass is 9.92. The monoisotopic (exact) mass is 273 g/mol. The molecule has 0 spiro atoms. The van der Waals surface area contributed by atoms with Crippen molar-refractivity contribution in [2.45, 2.75) is 71.3 Å². The second-order valence-corrected chi connectivity index (χ2v) is 6.64. The Kier molecular flexibility index (Phi) is 6.09. The molecule has 0 heterocycles. The molecule has 1 aromatic carbocycles. The fraction of sp³-hybridized carbons (Fsp3) is 0.684. The quantitative estimate of drug-likeness (QED) is 0.744. The van der Waals surface area contributed by atoms with E-state index in [1.165, 1.54) is 49.7 Å². The Morgan fingerprint density at radius 2 is 1.75 bits per heavy atom. The van der Waals surface area contributed by atoms with Crippen LogP contribution >= 0.6 is 0 Å². The van der Waals surface area contributed by atoms with Gasteiger partial charge in [-0.25, -0.2) is 0 Å². The molecule has 1 aromatic rings. The second kappa shape index (κ2) is 7.83. The number of benzene rings is 1. The first-order chi connectivity index (χ1) is 9.70. The fourth-order valence-corrected chi connectivity index (χ4v) is 3.52. The summed E-state index contributed by atoms with van der Waals surface area (Å²) in [7, 11) is 0. The van der Waals surface area contributed by atoms with Gasteiger partial charge in [-0.2, -0.15) is 0 Å². The van der Waals surface area contributed by atoms with E-state index in [1.54, 1.807) is 0 Å². The molecular weight excluding hydrogens is 242 g/mol. The molecule has 112 valence electrons. The van der Waals surface area contributed by atoms with Crippen molar-refractivity contribution in [2.75, 3.05) is 6.54 Å². The minimum absolute atomic E-state index is 0.636. The smallest absolute Gasteiger partial charge is 0.00983 e. The van der Waals surface area contributed by atoms with Crippen LogP contribution < -0.4 is 5.32 Å². The maximum absolute atomic E-state index is 3.72. The van der Waals surface area contributed by atoms with Gasteiger partial charge in [0.05, 0.1) is 0 Å². The summed E-state index contributed by atoms with van der Waals surface area (Å²) in [6.45, 7) is 7.86. The van der Waals surface area contributed by atoms with Crippen LogP contribution in [-0.4, -0.2) is 12.6 Å². The first-order valence-corrected chi connectivity index (χ1v) is 8.53. The van der Waals surface area contributed by atoms with Crippen LogP contribution in [0.3, 0.4) is 0 Å². The van der Waals surface area contributed by atoms with Gasteiger partial charge in [0, 0.05) is 6.04 Å². The highest BCUT2D eigenvalue weighted by Gasteiger charge is 2.23. The van der Waals surface area contributed by atoms with E-state index in [4.69, 9.17) is 0 Å². The molecule has 0 radical (unpaired) electrons. The zero-order valence-electron chi connectivity index (χ0n) is 13.5. The average molecular weight is 273 g/mol. The third-order valence-corrected chi connectivity index (χ3v) is 4.83. The molecule has 1 aliphatic rings. The van der Waals surface area contributed by atoms with Gasteiger partial charge in [0.2, 0.25) is 0 Å². The Morgan fingerprint density at radius 3 is 2.30 bits per heavy atom. The predicted octanol–water partition coefficient (Wildman–Crippen LogP) is 4.91. The van der Waals surface area contributed by atoms with Gasteiger partial charge in [0.25, 0.3) is 0 Å². The summed E-state index contributed by atoms with van der Waals surface area (Å²) in [4.78, 5) is 0. The molecule has 1 nitrogen and oxygen atoms in total. The molecule has 1 heteroatoms. The predicted molar refractivity (Wildman–Crippen MR) is 88.3 cm³/mol. The molecule has 0 aromatic heterocycles. The van der Waals surface area contributed by atoms with Crippen molar-refractivity contribution < 1.29 is 0 Å². The minimum Gasteiger partial charge on any atom is -0.314 e. The molecule has 0 amide bonds. The Morgan fingerprint density at radius 1 is 1.10 bits per heavy atom. The van der Waals surface area contributed by atoms with Gasteiger partial charge in [-0.3, -0.25) is 0 Å². The molecule has 1 aliphatic carbocycles. The van der Waals surface area contributed by atoms with Crippen molar-refractivity contribution in [1.29, 1.82) is 0 Å². The molecule has 0 saturated heterocycles. The lowest BCUT2D eigenvalue weighted by Gasteiger charge is -2.24. The number of nitrogens with one attached hydrogen (secondary N) is 1. The van der Waals surface area contributed by atoms with Crippen molar-refractivity contribution in [3.63, 3.8) is 0 Å². The Balaban J connectivity index is 1.87. The maximum Gasteiger partial charge on any atom is 0.00983 e. The summed E-state index contributed by atoms with van der Waals surface area (Å²) < 4.78 is 0.